The zero-order valence-electron chi connectivity index (χ0n) is 18.9. The zero-order valence-corrected chi connectivity index (χ0v) is 19.7. The SMILES string of the molecule is Cc1ccc(S(=O)(=O)N2CCN(C(=O)COC(=O)c3c(-c4ccccc4)noc3C)CC2)cc1. The van der Waals surface area contributed by atoms with E-state index in [-0.39, 0.29) is 36.6 Å². The molecule has 0 bridgehead atoms. The third kappa shape index (κ3) is 4.87. The summed E-state index contributed by atoms with van der Waals surface area (Å²) in [6, 6.07) is 15.7. The molecule has 2 aromatic carbocycles. The standard InChI is InChI=1S/C24H25N3O6S/c1-17-8-10-20(11-9-17)34(30,31)27-14-12-26(13-15-27)21(28)16-32-24(29)22-18(2)33-25-23(22)19-6-4-3-5-7-19/h3-11H,12-16H2,1-2H3. The number of esters is 1. The monoisotopic (exact) mass is 483 g/mol. The van der Waals surface area contributed by atoms with Crippen LogP contribution in [0.4, 0.5) is 0 Å². The topological polar surface area (TPSA) is 110 Å². The van der Waals surface area contributed by atoms with Gasteiger partial charge in [-0.15, -0.1) is 0 Å². The van der Waals surface area contributed by atoms with Crippen molar-refractivity contribution in [3.8, 4) is 11.3 Å². The Hall–Kier alpha value is -3.50. The first-order chi connectivity index (χ1) is 16.3. The zero-order chi connectivity index (χ0) is 24.3. The lowest BCUT2D eigenvalue weighted by Crippen LogP contribution is -2.51. The molecule has 1 fully saturated rings. The number of hydrogen-bond donors (Lipinski definition) is 0. The van der Waals surface area contributed by atoms with E-state index in [9.17, 15) is 18.0 Å². The number of piperazine rings is 1. The van der Waals surface area contributed by atoms with E-state index in [2.05, 4.69) is 5.16 Å². The summed E-state index contributed by atoms with van der Waals surface area (Å²) in [6.07, 6.45) is 0. The number of hydrogen-bond acceptors (Lipinski definition) is 7. The molecule has 0 saturated carbocycles. The molecular weight excluding hydrogens is 458 g/mol. The number of benzene rings is 2. The van der Waals surface area contributed by atoms with Gasteiger partial charge in [-0.2, -0.15) is 4.31 Å². The van der Waals surface area contributed by atoms with Crippen molar-refractivity contribution < 1.29 is 27.3 Å². The Bertz CT molecular complexity index is 1280. The maximum atomic E-state index is 12.8. The lowest BCUT2D eigenvalue weighted by atomic mass is 10.1. The van der Waals surface area contributed by atoms with Crippen LogP contribution in [0.25, 0.3) is 11.3 Å². The molecule has 4 rings (SSSR count). The van der Waals surface area contributed by atoms with Gasteiger partial charge in [-0.25, -0.2) is 13.2 Å². The van der Waals surface area contributed by atoms with Crippen LogP contribution >= 0.6 is 0 Å². The molecule has 1 amide bonds. The number of carbonyl (C=O) groups excluding carboxylic acids is 2. The Kier molecular flexibility index (Phi) is 6.80. The third-order valence-corrected chi connectivity index (χ3v) is 7.60. The predicted octanol–water partition coefficient (Wildman–Crippen LogP) is 2.65. The molecule has 9 nitrogen and oxygen atoms in total. The van der Waals surface area contributed by atoms with Crippen molar-refractivity contribution in [1.82, 2.24) is 14.4 Å². The third-order valence-electron chi connectivity index (χ3n) is 5.69. The highest BCUT2D eigenvalue weighted by molar-refractivity contribution is 7.89. The number of aryl methyl sites for hydroxylation is 2. The van der Waals surface area contributed by atoms with E-state index in [1.807, 2.05) is 25.1 Å². The van der Waals surface area contributed by atoms with E-state index in [4.69, 9.17) is 9.26 Å². The summed E-state index contributed by atoms with van der Waals surface area (Å²) >= 11 is 0. The summed E-state index contributed by atoms with van der Waals surface area (Å²) < 4.78 is 37.5. The second-order valence-electron chi connectivity index (χ2n) is 8.00. The highest BCUT2D eigenvalue weighted by Crippen LogP contribution is 2.26. The van der Waals surface area contributed by atoms with Crippen LogP contribution in [-0.2, 0) is 19.6 Å². The molecule has 0 aliphatic carbocycles. The van der Waals surface area contributed by atoms with Gasteiger partial charge in [0.1, 0.15) is 17.0 Å². The lowest BCUT2D eigenvalue weighted by molar-refractivity contribution is -0.135. The summed E-state index contributed by atoms with van der Waals surface area (Å²) in [7, 11) is -3.63. The fraction of sp³-hybridized carbons (Fsp3) is 0.292. The number of rotatable bonds is 6. The van der Waals surface area contributed by atoms with Crippen molar-refractivity contribution in [2.45, 2.75) is 18.7 Å². The normalized spacial score (nSPS) is 14.7. The number of carbonyl (C=O) groups is 2. The molecule has 0 radical (unpaired) electrons. The lowest BCUT2D eigenvalue weighted by Gasteiger charge is -2.33. The minimum atomic E-state index is -3.63. The van der Waals surface area contributed by atoms with Gasteiger partial charge in [-0.05, 0) is 26.0 Å². The maximum absolute atomic E-state index is 12.8. The number of ether oxygens (including phenoxy) is 1. The Morgan fingerprint density at radius 3 is 2.26 bits per heavy atom. The first kappa shape index (κ1) is 23.7. The predicted molar refractivity (Wildman–Crippen MR) is 123 cm³/mol. The van der Waals surface area contributed by atoms with Crippen molar-refractivity contribution in [2.24, 2.45) is 0 Å². The molecule has 34 heavy (non-hydrogen) atoms. The van der Waals surface area contributed by atoms with Gasteiger partial charge >= 0.3 is 5.97 Å². The molecule has 1 aliphatic rings. The molecule has 0 N–H and O–H groups in total. The highest BCUT2D eigenvalue weighted by Gasteiger charge is 2.31. The van der Waals surface area contributed by atoms with Gasteiger partial charge in [0, 0.05) is 31.7 Å². The summed E-state index contributed by atoms with van der Waals surface area (Å²) in [5.74, 6) is -0.797. The molecule has 1 saturated heterocycles. The summed E-state index contributed by atoms with van der Waals surface area (Å²) in [5, 5.41) is 3.95. The van der Waals surface area contributed by atoms with E-state index in [1.165, 1.54) is 9.21 Å². The van der Waals surface area contributed by atoms with Crippen molar-refractivity contribution in [3.63, 3.8) is 0 Å². The fourth-order valence-electron chi connectivity index (χ4n) is 3.73. The Labute approximate surface area is 198 Å². The second kappa shape index (κ2) is 9.78. The molecule has 0 unspecified atom stereocenters. The van der Waals surface area contributed by atoms with Crippen molar-refractivity contribution in [1.29, 1.82) is 0 Å². The molecule has 178 valence electrons. The van der Waals surface area contributed by atoms with Crippen LogP contribution in [-0.4, -0.2) is 67.4 Å². The Morgan fingerprint density at radius 1 is 0.971 bits per heavy atom. The van der Waals surface area contributed by atoms with E-state index >= 15 is 0 Å². The molecule has 1 aliphatic heterocycles. The first-order valence-corrected chi connectivity index (χ1v) is 12.2. The number of sulfonamides is 1. The average Bonchev–Trinajstić information content (AvgIpc) is 3.24. The molecular formula is C24H25N3O6S. The molecule has 10 heteroatoms. The van der Waals surface area contributed by atoms with Crippen LogP contribution in [0.15, 0.2) is 64.0 Å². The van der Waals surface area contributed by atoms with Crippen LogP contribution in [0.5, 0.6) is 0 Å². The minimum absolute atomic E-state index is 0.165. The number of nitrogens with zero attached hydrogens (tertiary/aromatic N) is 3. The van der Waals surface area contributed by atoms with E-state index in [0.29, 0.717) is 17.0 Å². The van der Waals surface area contributed by atoms with Gasteiger partial charge in [0.15, 0.2) is 6.61 Å². The van der Waals surface area contributed by atoms with E-state index in [0.717, 1.165) is 5.56 Å². The van der Waals surface area contributed by atoms with Crippen molar-refractivity contribution in [2.75, 3.05) is 32.8 Å². The summed E-state index contributed by atoms with van der Waals surface area (Å²) in [6.45, 7) is 3.79. The van der Waals surface area contributed by atoms with Crippen molar-refractivity contribution >= 4 is 21.9 Å². The largest absolute Gasteiger partial charge is 0.452 e. The molecule has 1 aromatic heterocycles. The minimum Gasteiger partial charge on any atom is -0.452 e. The molecule has 0 atom stereocenters. The number of aromatic nitrogens is 1. The molecule has 0 spiro atoms. The van der Waals surface area contributed by atoms with Crippen LogP contribution in [0.2, 0.25) is 0 Å². The smallest absolute Gasteiger partial charge is 0.344 e. The molecule has 3 aromatic rings. The fourth-order valence-corrected chi connectivity index (χ4v) is 5.16. The maximum Gasteiger partial charge on any atom is 0.344 e. The van der Waals surface area contributed by atoms with E-state index in [1.54, 1.807) is 43.3 Å². The number of amides is 1. The van der Waals surface area contributed by atoms with Crippen LogP contribution in [0.3, 0.4) is 0 Å². The highest BCUT2D eigenvalue weighted by atomic mass is 32.2. The van der Waals surface area contributed by atoms with Crippen molar-refractivity contribution in [3.05, 3.63) is 71.5 Å². The van der Waals surface area contributed by atoms with Crippen LogP contribution < -0.4 is 0 Å². The van der Waals surface area contributed by atoms with Gasteiger partial charge in [0.05, 0.1) is 4.90 Å². The Balaban J connectivity index is 1.34. The average molecular weight is 484 g/mol. The van der Waals surface area contributed by atoms with Crippen LogP contribution in [0, 0.1) is 13.8 Å². The van der Waals surface area contributed by atoms with Gasteiger partial charge in [-0.1, -0.05) is 53.2 Å². The summed E-state index contributed by atoms with van der Waals surface area (Å²) in [5.41, 5.74) is 2.20. The van der Waals surface area contributed by atoms with Crippen LogP contribution in [0.1, 0.15) is 21.7 Å². The van der Waals surface area contributed by atoms with Gasteiger partial charge in [-0.3, -0.25) is 4.79 Å². The first-order valence-electron chi connectivity index (χ1n) is 10.8. The summed E-state index contributed by atoms with van der Waals surface area (Å²) in [4.78, 5) is 27.0. The van der Waals surface area contributed by atoms with Gasteiger partial charge in [0.25, 0.3) is 5.91 Å². The quantitative estimate of drug-likeness (QED) is 0.496. The van der Waals surface area contributed by atoms with Gasteiger partial charge in [0.2, 0.25) is 10.0 Å². The Morgan fingerprint density at radius 2 is 1.62 bits per heavy atom. The second-order valence-corrected chi connectivity index (χ2v) is 9.94. The van der Waals surface area contributed by atoms with Gasteiger partial charge < -0.3 is 14.2 Å². The van der Waals surface area contributed by atoms with E-state index < -0.39 is 28.5 Å². The molecule has 2 heterocycles.